The predicted octanol–water partition coefficient (Wildman–Crippen LogP) is -16.6. The van der Waals surface area contributed by atoms with Crippen LogP contribution in [0.2, 0.25) is 0 Å². The lowest BCUT2D eigenvalue weighted by molar-refractivity contribution is -0.303. The van der Waals surface area contributed by atoms with Gasteiger partial charge >= 0.3 is 5.97 Å². The molecule has 2 unspecified atom stereocenters. The number of aliphatic hydroxyl groups excluding tert-OH is 12. The van der Waals surface area contributed by atoms with E-state index in [0.717, 1.165) is 55.4 Å². The minimum atomic E-state index is -2.04. The highest BCUT2D eigenvalue weighted by Crippen LogP contribution is 2.30. The average molecular weight is 1990 g/mol. The lowest BCUT2D eigenvalue weighted by atomic mass is 9.96. The minimum Gasteiger partial charge on any atom is -0.480 e. The molecule has 57 nitrogen and oxygen atoms in total. The highest BCUT2D eigenvalue weighted by Gasteiger charge is 2.52. The average Bonchev–Trinajstić information content (AvgIpc) is 0.792. The van der Waals surface area contributed by atoms with Crippen LogP contribution in [0.1, 0.15) is 154 Å². The van der Waals surface area contributed by atoms with E-state index in [2.05, 4.69) is 85.1 Å². The maximum absolute atomic E-state index is 14.0. The fourth-order valence-electron chi connectivity index (χ4n) is 13.7. The van der Waals surface area contributed by atoms with Gasteiger partial charge in [-0.1, -0.05) is 0 Å². The number of carboxylic acid groups (broad SMARTS) is 1. The topological polar surface area (TPSA) is 913 Å². The van der Waals surface area contributed by atoms with E-state index in [1.54, 1.807) is 0 Å². The molecule has 31 atom stereocenters. The van der Waals surface area contributed by atoms with Crippen molar-refractivity contribution in [2.24, 2.45) is 17.2 Å². The summed E-state index contributed by atoms with van der Waals surface area (Å²) in [6.07, 6.45) is -31.8. The fraction of sp³-hybridized carbons (Fsp3) is 0.765. The second-order valence-corrected chi connectivity index (χ2v) is 33.4. The lowest BCUT2D eigenvalue weighted by Crippen LogP contribution is -2.67. The highest BCUT2D eigenvalue weighted by atomic mass is 16.7. The van der Waals surface area contributed by atoms with Crippen LogP contribution in [0.25, 0.3) is 0 Å². The molecule has 0 aromatic carbocycles. The van der Waals surface area contributed by atoms with Crippen LogP contribution in [-0.4, -0.2) is 420 Å². The number of unbranched alkanes of at least 4 members (excludes halogenated alkanes) is 2. The van der Waals surface area contributed by atoms with E-state index in [-0.39, 0.29) is 51.6 Å². The Hall–Kier alpha value is -10.8. The van der Waals surface area contributed by atoms with E-state index in [4.69, 9.17) is 45.6 Å². The van der Waals surface area contributed by atoms with Crippen LogP contribution in [0.4, 0.5) is 0 Å². The van der Waals surface area contributed by atoms with Gasteiger partial charge in [-0.05, 0) is 114 Å². The third-order valence-electron chi connectivity index (χ3n) is 21.6. The van der Waals surface area contributed by atoms with E-state index < -0.39 is 366 Å². The van der Waals surface area contributed by atoms with Crippen LogP contribution in [0.15, 0.2) is 0 Å². The molecule has 2 fully saturated rings. The number of nitrogens with one attached hydrogen (secondary N) is 16. The SMILES string of the molecule is CC(=O)NC(CO)[C@H](O[C@@H](C)C(=O)N[C@@H](C)C(=O)N[C@@H](CCC(=O)N[C@@H](CCCCNC(=O)[C@H](C)NC(=O)[C@H](C)NC(=O)[C@H](C)NC(=O)[C@H](CCCCNC(=O)[C@H](C)NC(=O)[C@H](C)N)NC(=O)CC[C@H](NC(=O)[C@H](C)NC(=O)[C@H](C)O[C@@H](C(CO)NC(C)=O)[C@H](O[C@@H]1O[C@H](CO)[C@@H](O)[C@H](O)[C@H]1NC(C)=O)[C@H](O)CO)C(N)=O)C(=O)O)C(N)=O)[C@H](O[C@@H]1O[C@H](CO)[C@@H](O)[C@H](O)[C@H]1NC(C)=O)[C@H](O)CO. The molecule has 2 aliphatic rings. The maximum Gasteiger partial charge on any atom is 0.326 e. The van der Waals surface area contributed by atoms with Crippen molar-refractivity contribution < 1.29 is 186 Å². The summed E-state index contributed by atoms with van der Waals surface area (Å²) in [5.74, 6) is -18.0. The molecule has 2 rings (SSSR count). The lowest BCUT2D eigenvalue weighted by Gasteiger charge is -2.45. The summed E-state index contributed by atoms with van der Waals surface area (Å²) in [5.41, 5.74) is 16.8. The summed E-state index contributed by atoms with van der Waals surface area (Å²) in [5, 5.41) is 174. The van der Waals surface area contributed by atoms with Crippen LogP contribution >= 0.6 is 0 Å². The maximum atomic E-state index is 14.0. The van der Waals surface area contributed by atoms with Gasteiger partial charge in [0.05, 0.1) is 57.8 Å². The molecule has 0 saturated carbocycles. The Balaban J connectivity index is 2.13. The summed E-state index contributed by atoms with van der Waals surface area (Å²) in [6, 6.07) is -21.9. The second-order valence-electron chi connectivity index (χ2n) is 33.4. The molecular weight excluding hydrogens is 1850 g/mol. The van der Waals surface area contributed by atoms with Crippen molar-refractivity contribution in [3.05, 3.63) is 0 Å². The Labute approximate surface area is 793 Å². The van der Waals surface area contributed by atoms with Gasteiger partial charge in [0.2, 0.25) is 106 Å². The number of carboxylic acids is 1. The van der Waals surface area contributed by atoms with Crippen molar-refractivity contribution in [3.8, 4) is 0 Å². The third kappa shape index (κ3) is 41.7. The third-order valence-corrected chi connectivity index (χ3v) is 21.6. The second kappa shape index (κ2) is 61.6. The number of aliphatic carboxylic acids is 1. The quantitative estimate of drug-likeness (QED) is 0.0251. The van der Waals surface area contributed by atoms with Gasteiger partial charge in [-0.15, -0.1) is 0 Å². The Morgan fingerprint density at radius 2 is 0.659 bits per heavy atom. The van der Waals surface area contributed by atoms with Crippen molar-refractivity contribution in [1.29, 1.82) is 0 Å². The van der Waals surface area contributed by atoms with Crippen LogP contribution in [0, 0.1) is 0 Å². The molecule has 18 amide bonds. The molecule has 0 aliphatic carbocycles. The Kier molecular flexibility index (Phi) is 55.0. The summed E-state index contributed by atoms with van der Waals surface area (Å²) < 4.78 is 34.9. The van der Waals surface area contributed by atoms with Gasteiger partial charge in [-0.2, -0.15) is 0 Å². The molecule has 0 aromatic heterocycles. The van der Waals surface area contributed by atoms with Crippen LogP contribution in [0.5, 0.6) is 0 Å². The number of rotatable bonds is 63. The number of carbonyl (C=O) groups excluding carboxylic acids is 18. The van der Waals surface area contributed by atoms with Gasteiger partial charge < -0.3 is 197 Å². The molecule has 35 N–H and O–H groups in total. The number of hydrogen-bond acceptors (Lipinski definition) is 38. The number of ether oxygens (including phenoxy) is 6. The summed E-state index contributed by atoms with van der Waals surface area (Å²) in [6.45, 7) is 8.92. The normalized spacial score (nSPS) is 22.6. The molecule has 57 heteroatoms. The summed E-state index contributed by atoms with van der Waals surface area (Å²) >= 11 is 0. The minimum absolute atomic E-state index is 0.0158. The van der Waals surface area contributed by atoms with Gasteiger partial charge in [0.25, 0.3) is 0 Å². The molecule has 138 heavy (non-hydrogen) atoms. The first kappa shape index (κ1) is 123. The Bertz CT molecular complexity index is 4040. The van der Waals surface area contributed by atoms with Gasteiger partial charge in [-0.3, -0.25) is 86.3 Å². The molecule has 2 heterocycles. The van der Waals surface area contributed by atoms with Crippen molar-refractivity contribution in [1.82, 2.24) is 85.1 Å². The molecular formula is C81H141N19O38. The van der Waals surface area contributed by atoms with E-state index >= 15 is 0 Å². The fourth-order valence-corrected chi connectivity index (χ4v) is 13.7. The monoisotopic (exact) mass is 1990 g/mol. The van der Waals surface area contributed by atoms with Crippen LogP contribution in [0.3, 0.4) is 0 Å². The first-order valence-electron chi connectivity index (χ1n) is 44.4. The van der Waals surface area contributed by atoms with E-state index in [9.17, 15) is 157 Å². The van der Waals surface area contributed by atoms with Crippen molar-refractivity contribution in [2.75, 3.05) is 52.7 Å². The zero-order valence-electron chi connectivity index (χ0n) is 78.9. The molecule has 2 saturated heterocycles. The largest absolute Gasteiger partial charge is 0.480 e. The zero-order valence-corrected chi connectivity index (χ0v) is 78.9. The summed E-state index contributed by atoms with van der Waals surface area (Å²) in [4.78, 5) is 247. The highest BCUT2D eigenvalue weighted by molar-refractivity contribution is 5.97. The van der Waals surface area contributed by atoms with Crippen molar-refractivity contribution in [3.63, 3.8) is 0 Å². The Morgan fingerprint density at radius 3 is 0.964 bits per heavy atom. The zero-order chi connectivity index (χ0) is 105. The first-order valence-corrected chi connectivity index (χ1v) is 44.4. The van der Waals surface area contributed by atoms with Gasteiger partial charge in [0.15, 0.2) is 12.6 Å². The molecule has 2 aliphatic heterocycles. The van der Waals surface area contributed by atoms with E-state index in [1.807, 2.05) is 0 Å². The smallest absolute Gasteiger partial charge is 0.326 e. The molecule has 0 bridgehead atoms. The number of carbonyl (C=O) groups is 19. The van der Waals surface area contributed by atoms with Crippen molar-refractivity contribution in [2.45, 2.75) is 343 Å². The predicted molar refractivity (Wildman–Crippen MR) is 470 cm³/mol. The molecule has 788 valence electrons. The number of aliphatic hydroxyl groups is 12. The van der Waals surface area contributed by atoms with Gasteiger partial charge in [0, 0.05) is 53.6 Å². The van der Waals surface area contributed by atoms with Gasteiger partial charge in [-0.25, -0.2) is 4.79 Å². The van der Waals surface area contributed by atoms with Gasteiger partial charge in [0.1, 0.15) is 158 Å². The molecule has 0 radical (unpaired) electrons. The summed E-state index contributed by atoms with van der Waals surface area (Å²) in [7, 11) is 0. The van der Waals surface area contributed by atoms with Crippen molar-refractivity contribution >= 4 is 112 Å². The number of nitrogens with two attached hydrogens (primary N) is 3. The number of amides is 18. The number of hydrogen-bond donors (Lipinski definition) is 32. The van der Waals surface area contributed by atoms with Crippen LogP contribution in [-0.2, 0) is 120 Å². The molecule has 0 spiro atoms. The Morgan fingerprint density at radius 1 is 0.348 bits per heavy atom. The van der Waals surface area contributed by atoms with Crippen LogP contribution < -0.4 is 102 Å². The number of primary amides is 2. The van der Waals surface area contributed by atoms with E-state index in [0.29, 0.717) is 0 Å². The standard InChI is InChI=1S/C81H141N19O38/c1-32(82)69(121)87-33(2)70(122)85-24-16-14-18-47(97-55(113)22-20-45(67(83)119)99-74(126)37(6)90-76(128)39(8)133-63(49(26-101)93-41(10)107)65(51(111)28-103)137-80-57(95-43(12)109)61(117)59(115)53(30-105)135-80)78(130)92-36(5)73(125)89-35(4)72(124)88-34(3)71(123)86-25-17-15-19-48(79(131)132)98-56(114)23-21-46(68(84)120)100-75(127)38(7)91-77(129)40(9)134-64(50(27-102)94-42(11)108)66(52(112)29-104)138-81-58(96-44(13)110)62(118)60(116)54(31-106)136-81/h32-40,45-54,57-66,80-81,101-106,111-112,115-118H,14-31,82H2,1-13H3,(H2,83,119)(H2,84,120)(H,85,122)(H,86,123)(H,87,121)(H,88,124)(H,89,125)(H,90,128)(H,91,129)(H,92,130)(H,93,107)(H,94,108)(H,95,109)(H,96,110)(H,97,113)(H,98,114)(H,99,126)(H,100,127)(H,131,132)/t32-,33-,34-,35-,36-,37-,38-,39-,40-,45-,46-,47-,48-,49?,50?,51+,52+,53+,54+,57+,58+,59+,60+,61+,62+,63-,64-,65+,66+,80-,81-/m0/s1. The molecule has 0 aromatic rings. The first-order chi connectivity index (χ1) is 64.5. The van der Waals surface area contributed by atoms with E-state index in [1.165, 1.54) is 34.6 Å².